The van der Waals surface area contributed by atoms with E-state index >= 15 is 0 Å². The fraction of sp³-hybridized carbons (Fsp3) is 0.353. The molecule has 0 saturated heterocycles. The quantitative estimate of drug-likeness (QED) is 0.867. The van der Waals surface area contributed by atoms with Crippen LogP contribution in [-0.2, 0) is 6.54 Å². The zero-order valence-electron chi connectivity index (χ0n) is 12.6. The van der Waals surface area contributed by atoms with E-state index in [-0.39, 0.29) is 0 Å². The fourth-order valence-corrected chi connectivity index (χ4v) is 2.31. The molecule has 0 saturated carbocycles. The van der Waals surface area contributed by atoms with Gasteiger partial charge in [0.1, 0.15) is 5.82 Å². The van der Waals surface area contributed by atoms with Crippen molar-refractivity contribution >= 4 is 11.5 Å². The monoisotopic (exact) mass is 269 g/mol. The third-order valence-electron chi connectivity index (χ3n) is 3.39. The van der Waals surface area contributed by atoms with E-state index in [1.165, 1.54) is 16.8 Å². The first kappa shape index (κ1) is 14.5. The van der Waals surface area contributed by atoms with Crippen molar-refractivity contribution in [1.82, 2.24) is 10.3 Å². The second-order valence-corrected chi connectivity index (χ2v) is 4.83. The highest BCUT2D eigenvalue weighted by molar-refractivity contribution is 5.63. The Bertz CT molecular complexity index is 551. The van der Waals surface area contributed by atoms with Gasteiger partial charge in [0.25, 0.3) is 0 Å². The number of hydrogen-bond donors (Lipinski definition) is 1. The van der Waals surface area contributed by atoms with Gasteiger partial charge in [-0.2, -0.15) is 0 Å². The molecule has 0 aliphatic rings. The predicted molar refractivity (Wildman–Crippen MR) is 85.5 cm³/mol. The third kappa shape index (κ3) is 3.36. The number of pyridine rings is 1. The van der Waals surface area contributed by atoms with Gasteiger partial charge in [0.2, 0.25) is 0 Å². The Morgan fingerprint density at radius 1 is 1.15 bits per heavy atom. The maximum Gasteiger partial charge on any atom is 0.133 e. The summed E-state index contributed by atoms with van der Waals surface area (Å²) in [6.45, 7) is 9.19. The van der Waals surface area contributed by atoms with Crippen LogP contribution in [0.4, 0.5) is 11.5 Å². The molecule has 106 valence electrons. The topological polar surface area (TPSA) is 28.2 Å². The number of nitrogens with one attached hydrogen (secondary N) is 1. The lowest BCUT2D eigenvalue weighted by Gasteiger charge is -2.24. The number of rotatable bonds is 6. The van der Waals surface area contributed by atoms with E-state index < -0.39 is 0 Å². The van der Waals surface area contributed by atoms with Gasteiger partial charge in [-0.3, -0.25) is 0 Å². The molecule has 1 aromatic carbocycles. The molecular weight excluding hydrogens is 246 g/mol. The Kier molecular flexibility index (Phi) is 5.13. The van der Waals surface area contributed by atoms with Crippen LogP contribution >= 0.6 is 0 Å². The van der Waals surface area contributed by atoms with E-state index in [1.807, 2.05) is 6.20 Å². The van der Waals surface area contributed by atoms with Crippen LogP contribution in [0.25, 0.3) is 0 Å². The number of nitrogens with zero attached hydrogens (tertiary/aromatic N) is 2. The van der Waals surface area contributed by atoms with E-state index in [0.29, 0.717) is 0 Å². The molecule has 1 N–H and O–H groups in total. The summed E-state index contributed by atoms with van der Waals surface area (Å²) in [6, 6.07) is 12.7. The highest BCUT2D eigenvalue weighted by Gasteiger charge is 2.10. The first-order valence-electron chi connectivity index (χ1n) is 7.25. The van der Waals surface area contributed by atoms with Crippen LogP contribution < -0.4 is 10.2 Å². The highest BCUT2D eigenvalue weighted by atomic mass is 15.2. The number of aryl methyl sites for hydroxylation is 1. The minimum absolute atomic E-state index is 0.886. The average molecular weight is 269 g/mol. The van der Waals surface area contributed by atoms with E-state index in [9.17, 15) is 0 Å². The second-order valence-electron chi connectivity index (χ2n) is 4.83. The Morgan fingerprint density at radius 3 is 2.65 bits per heavy atom. The highest BCUT2D eigenvalue weighted by Crippen LogP contribution is 2.26. The molecule has 2 rings (SSSR count). The molecule has 3 nitrogen and oxygen atoms in total. The maximum atomic E-state index is 4.53. The van der Waals surface area contributed by atoms with E-state index in [4.69, 9.17) is 0 Å². The summed E-state index contributed by atoms with van der Waals surface area (Å²) in [5, 5.41) is 3.35. The normalized spacial score (nSPS) is 10.6. The van der Waals surface area contributed by atoms with Crippen LogP contribution in [0.1, 0.15) is 25.0 Å². The molecule has 1 heterocycles. The molecule has 20 heavy (non-hydrogen) atoms. The van der Waals surface area contributed by atoms with Crippen molar-refractivity contribution in [2.24, 2.45) is 0 Å². The van der Waals surface area contributed by atoms with Gasteiger partial charge in [-0.15, -0.1) is 0 Å². The van der Waals surface area contributed by atoms with Crippen LogP contribution in [0.2, 0.25) is 0 Å². The molecule has 0 spiro atoms. The molecule has 0 aliphatic heterocycles. The second kappa shape index (κ2) is 7.06. The van der Waals surface area contributed by atoms with Gasteiger partial charge in [-0.1, -0.05) is 25.1 Å². The van der Waals surface area contributed by atoms with E-state index in [0.717, 1.165) is 25.5 Å². The molecule has 0 amide bonds. The molecule has 0 bridgehead atoms. The first-order chi connectivity index (χ1) is 9.76. The van der Waals surface area contributed by atoms with Gasteiger partial charge >= 0.3 is 0 Å². The summed E-state index contributed by atoms with van der Waals surface area (Å²) in [5.41, 5.74) is 3.76. The smallest absolute Gasteiger partial charge is 0.133 e. The van der Waals surface area contributed by atoms with Crippen molar-refractivity contribution in [3.8, 4) is 0 Å². The van der Waals surface area contributed by atoms with Gasteiger partial charge in [0.15, 0.2) is 0 Å². The standard InChI is InChI=1S/C17H23N3/c1-4-18-13-15-10-11-19-17(12-15)20(5-2)16-9-7-6-8-14(16)3/h6-12,18H,4-5,13H2,1-3H3. The molecule has 0 unspecified atom stereocenters. The Hall–Kier alpha value is -1.87. The molecule has 2 aromatic rings. The summed E-state index contributed by atoms with van der Waals surface area (Å²) < 4.78 is 0. The maximum absolute atomic E-state index is 4.53. The fourth-order valence-electron chi connectivity index (χ4n) is 2.31. The van der Waals surface area contributed by atoms with Gasteiger partial charge in [0, 0.05) is 25.0 Å². The van der Waals surface area contributed by atoms with Crippen LogP contribution in [0.5, 0.6) is 0 Å². The number of benzene rings is 1. The molecule has 0 radical (unpaired) electrons. The van der Waals surface area contributed by atoms with Crippen LogP contribution in [0.15, 0.2) is 42.6 Å². The predicted octanol–water partition coefficient (Wildman–Crippen LogP) is 3.66. The molecule has 0 fully saturated rings. The van der Waals surface area contributed by atoms with Crippen molar-refractivity contribution < 1.29 is 0 Å². The van der Waals surface area contributed by atoms with Gasteiger partial charge in [0.05, 0.1) is 0 Å². The van der Waals surface area contributed by atoms with Gasteiger partial charge < -0.3 is 10.2 Å². The lowest BCUT2D eigenvalue weighted by atomic mass is 10.1. The lowest BCUT2D eigenvalue weighted by Crippen LogP contribution is -2.19. The van der Waals surface area contributed by atoms with E-state index in [1.54, 1.807) is 0 Å². The number of aromatic nitrogens is 1. The summed E-state index contributed by atoms with van der Waals surface area (Å²) in [6.07, 6.45) is 1.89. The summed E-state index contributed by atoms with van der Waals surface area (Å²) in [5.74, 6) is 1.01. The molecule has 0 aliphatic carbocycles. The van der Waals surface area contributed by atoms with Crippen molar-refractivity contribution in [2.45, 2.75) is 27.3 Å². The first-order valence-corrected chi connectivity index (χ1v) is 7.25. The van der Waals surface area contributed by atoms with Crippen LogP contribution in [0.3, 0.4) is 0 Å². The van der Waals surface area contributed by atoms with E-state index in [2.05, 4.69) is 72.4 Å². The lowest BCUT2D eigenvalue weighted by molar-refractivity contribution is 0.725. The van der Waals surface area contributed by atoms with Crippen LogP contribution in [-0.4, -0.2) is 18.1 Å². The van der Waals surface area contributed by atoms with Gasteiger partial charge in [-0.05, 0) is 49.7 Å². The molecular formula is C17H23N3. The zero-order valence-corrected chi connectivity index (χ0v) is 12.6. The zero-order chi connectivity index (χ0) is 14.4. The Labute approximate surface area is 121 Å². The summed E-state index contributed by atoms with van der Waals surface area (Å²) in [7, 11) is 0. The Morgan fingerprint density at radius 2 is 1.95 bits per heavy atom. The summed E-state index contributed by atoms with van der Waals surface area (Å²) >= 11 is 0. The third-order valence-corrected chi connectivity index (χ3v) is 3.39. The van der Waals surface area contributed by atoms with Crippen molar-refractivity contribution in [2.75, 3.05) is 18.0 Å². The molecule has 0 atom stereocenters. The minimum Gasteiger partial charge on any atom is -0.326 e. The largest absolute Gasteiger partial charge is 0.326 e. The SMILES string of the molecule is CCNCc1ccnc(N(CC)c2ccccc2C)c1. The van der Waals surface area contributed by atoms with Crippen molar-refractivity contribution in [3.63, 3.8) is 0 Å². The minimum atomic E-state index is 0.886. The number of para-hydroxylation sites is 1. The number of anilines is 2. The van der Waals surface area contributed by atoms with Gasteiger partial charge in [-0.25, -0.2) is 4.98 Å². The molecule has 1 aromatic heterocycles. The Balaban J connectivity index is 2.30. The van der Waals surface area contributed by atoms with Crippen LogP contribution in [0, 0.1) is 6.92 Å². The molecule has 3 heteroatoms. The summed E-state index contributed by atoms with van der Waals surface area (Å²) in [4.78, 5) is 6.79. The van der Waals surface area contributed by atoms with Crippen molar-refractivity contribution in [1.29, 1.82) is 0 Å². The average Bonchev–Trinajstić information content (AvgIpc) is 2.48. The van der Waals surface area contributed by atoms with Crippen molar-refractivity contribution in [3.05, 3.63) is 53.7 Å². The number of hydrogen-bond acceptors (Lipinski definition) is 3.